The van der Waals surface area contributed by atoms with Gasteiger partial charge in [0.25, 0.3) is 0 Å². The number of carbonyl (C=O) groups excluding carboxylic acids is 1. The SMILES string of the molecule is CN(CCNC(=O)Nc1ccc(CN)cc1)C1CCCC1. The average molecular weight is 290 g/mol. The molecular formula is C16H26N4O. The number of hydrogen-bond acceptors (Lipinski definition) is 3. The molecule has 0 heterocycles. The van der Waals surface area contributed by atoms with Gasteiger partial charge in [-0.2, -0.15) is 0 Å². The lowest BCUT2D eigenvalue weighted by Gasteiger charge is -2.23. The molecule has 0 spiro atoms. The molecule has 2 amide bonds. The fraction of sp³-hybridized carbons (Fsp3) is 0.562. The largest absolute Gasteiger partial charge is 0.337 e. The van der Waals surface area contributed by atoms with E-state index in [4.69, 9.17) is 5.73 Å². The van der Waals surface area contributed by atoms with Crippen LogP contribution >= 0.6 is 0 Å². The summed E-state index contributed by atoms with van der Waals surface area (Å²) in [4.78, 5) is 14.2. The summed E-state index contributed by atoms with van der Waals surface area (Å²) in [5.41, 5.74) is 7.38. The van der Waals surface area contributed by atoms with Gasteiger partial charge in [-0.1, -0.05) is 25.0 Å². The first kappa shape index (κ1) is 15.8. The lowest BCUT2D eigenvalue weighted by Crippen LogP contribution is -2.38. The first-order chi connectivity index (χ1) is 10.2. The monoisotopic (exact) mass is 290 g/mol. The van der Waals surface area contributed by atoms with Gasteiger partial charge in [-0.3, -0.25) is 0 Å². The van der Waals surface area contributed by atoms with Crippen LogP contribution in [0.25, 0.3) is 0 Å². The average Bonchev–Trinajstić information content (AvgIpc) is 3.02. The number of nitrogens with two attached hydrogens (primary N) is 1. The second kappa shape index (κ2) is 8.00. The fourth-order valence-electron chi connectivity index (χ4n) is 2.77. The van der Waals surface area contributed by atoms with Crippen LogP contribution in [0.5, 0.6) is 0 Å². The van der Waals surface area contributed by atoms with Gasteiger partial charge in [0, 0.05) is 31.4 Å². The Morgan fingerprint density at radius 3 is 2.57 bits per heavy atom. The molecule has 1 saturated carbocycles. The molecule has 1 fully saturated rings. The molecule has 0 radical (unpaired) electrons. The Kier molecular flexibility index (Phi) is 6.02. The smallest absolute Gasteiger partial charge is 0.319 e. The Bertz CT molecular complexity index is 440. The van der Waals surface area contributed by atoms with Gasteiger partial charge in [-0.05, 0) is 37.6 Å². The van der Waals surface area contributed by atoms with Crippen molar-refractivity contribution in [3.63, 3.8) is 0 Å². The van der Waals surface area contributed by atoms with Gasteiger partial charge < -0.3 is 21.3 Å². The third-order valence-electron chi connectivity index (χ3n) is 4.15. The van der Waals surface area contributed by atoms with Crippen LogP contribution in [-0.2, 0) is 6.54 Å². The number of urea groups is 1. The minimum absolute atomic E-state index is 0.157. The van der Waals surface area contributed by atoms with E-state index < -0.39 is 0 Å². The summed E-state index contributed by atoms with van der Waals surface area (Å²) in [5, 5.41) is 5.72. The maximum absolute atomic E-state index is 11.8. The molecule has 0 aromatic heterocycles. The molecule has 0 bridgehead atoms. The van der Waals surface area contributed by atoms with Crippen molar-refractivity contribution in [1.29, 1.82) is 0 Å². The van der Waals surface area contributed by atoms with Gasteiger partial charge in [-0.15, -0.1) is 0 Å². The van der Waals surface area contributed by atoms with Crippen LogP contribution in [0.1, 0.15) is 31.2 Å². The summed E-state index contributed by atoms with van der Waals surface area (Å²) in [5.74, 6) is 0. The van der Waals surface area contributed by atoms with E-state index in [2.05, 4.69) is 22.6 Å². The van der Waals surface area contributed by atoms with Crippen LogP contribution in [0, 0.1) is 0 Å². The summed E-state index contributed by atoms with van der Waals surface area (Å²) < 4.78 is 0. The quantitative estimate of drug-likeness (QED) is 0.752. The number of likely N-dealkylation sites (N-methyl/N-ethyl adjacent to an activating group) is 1. The van der Waals surface area contributed by atoms with E-state index in [1.165, 1.54) is 25.7 Å². The summed E-state index contributed by atoms with van der Waals surface area (Å²) in [6, 6.07) is 8.11. The molecule has 5 heteroatoms. The van der Waals surface area contributed by atoms with Crippen LogP contribution in [0.4, 0.5) is 10.5 Å². The number of nitrogens with zero attached hydrogens (tertiary/aromatic N) is 1. The maximum Gasteiger partial charge on any atom is 0.319 e. The Morgan fingerprint density at radius 1 is 1.29 bits per heavy atom. The highest BCUT2D eigenvalue weighted by Gasteiger charge is 2.18. The van der Waals surface area contributed by atoms with E-state index >= 15 is 0 Å². The molecule has 0 unspecified atom stereocenters. The van der Waals surface area contributed by atoms with Gasteiger partial charge >= 0.3 is 6.03 Å². The Morgan fingerprint density at radius 2 is 1.95 bits per heavy atom. The number of carbonyl (C=O) groups is 1. The Balaban J connectivity index is 1.66. The Hall–Kier alpha value is -1.59. The van der Waals surface area contributed by atoms with E-state index in [0.29, 0.717) is 19.1 Å². The topological polar surface area (TPSA) is 70.4 Å². The molecule has 116 valence electrons. The molecule has 5 nitrogen and oxygen atoms in total. The second-order valence-electron chi connectivity index (χ2n) is 5.70. The predicted molar refractivity (Wildman–Crippen MR) is 86.2 cm³/mol. The zero-order chi connectivity index (χ0) is 15.1. The van der Waals surface area contributed by atoms with Gasteiger partial charge in [-0.25, -0.2) is 4.79 Å². The van der Waals surface area contributed by atoms with Crippen molar-refractivity contribution < 1.29 is 4.79 Å². The molecule has 21 heavy (non-hydrogen) atoms. The highest BCUT2D eigenvalue weighted by Crippen LogP contribution is 2.21. The van der Waals surface area contributed by atoms with Crippen molar-refractivity contribution in [2.45, 2.75) is 38.3 Å². The van der Waals surface area contributed by atoms with E-state index in [-0.39, 0.29) is 6.03 Å². The third-order valence-corrected chi connectivity index (χ3v) is 4.15. The molecule has 0 atom stereocenters. The summed E-state index contributed by atoms with van der Waals surface area (Å²) in [6.07, 6.45) is 5.25. The highest BCUT2D eigenvalue weighted by molar-refractivity contribution is 5.89. The first-order valence-corrected chi connectivity index (χ1v) is 7.73. The van der Waals surface area contributed by atoms with Crippen molar-refractivity contribution in [1.82, 2.24) is 10.2 Å². The minimum Gasteiger partial charge on any atom is -0.337 e. The van der Waals surface area contributed by atoms with Crippen LogP contribution in [0.2, 0.25) is 0 Å². The lowest BCUT2D eigenvalue weighted by molar-refractivity contribution is 0.235. The van der Waals surface area contributed by atoms with Gasteiger partial charge in [0.05, 0.1) is 0 Å². The van der Waals surface area contributed by atoms with Crippen molar-refractivity contribution in [3.05, 3.63) is 29.8 Å². The number of benzene rings is 1. The highest BCUT2D eigenvalue weighted by atomic mass is 16.2. The van der Waals surface area contributed by atoms with Gasteiger partial charge in [0.2, 0.25) is 0 Å². The number of nitrogens with one attached hydrogen (secondary N) is 2. The molecular weight excluding hydrogens is 264 g/mol. The number of anilines is 1. The van der Waals surface area contributed by atoms with Crippen molar-refractivity contribution in [2.24, 2.45) is 5.73 Å². The molecule has 0 aliphatic heterocycles. The van der Waals surface area contributed by atoms with E-state index in [9.17, 15) is 4.79 Å². The number of amides is 2. The van der Waals surface area contributed by atoms with Crippen molar-refractivity contribution >= 4 is 11.7 Å². The van der Waals surface area contributed by atoms with E-state index in [1.54, 1.807) is 0 Å². The van der Waals surface area contributed by atoms with Crippen LogP contribution in [0.3, 0.4) is 0 Å². The van der Waals surface area contributed by atoms with Crippen molar-refractivity contribution in [3.8, 4) is 0 Å². The molecule has 1 aromatic rings. The first-order valence-electron chi connectivity index (χ1n) is 7.73. The standard InChI is InChI=1S/C16H26N4O/c1-20(15-4-2-3-5-15)11-10-18-16(21)19-14-8-6-13(12-17)7-9-14/h6-9,15H,2-5,10-12,17H2,1H3,(H2,18,19,21). The van der Waals surface area contributed by atoms with E-state index in [1.807, 2.05) is 24.3 Å². The fourth-order valence-corrected chi connectivity index (χ4v) is 2.77. The molecule has 0 saturated heterocycles. The number of rotatable bonds is 6. The normalized spacial score (nSPS) is 15.4. The van der Waals surface area contributed by atoms with Crippen LogP contribution in [0.15, 0.2) is 24.3 Å². The third kappa shape index (κ3) is 5.02. The van der Waals surface area contributed by atoms with Crippen LogP contribution in [-0.4, -0.2) is 37.1 Å². The zero-order valence-electron chi connectivity index (χ0n) is 12.8. The summed E-state index contributed by atoms with van der Waals surface area (Å²) in [7, 11) is 2.14. The maximum atomic E-state index is 11.8. The van der Waals surface area contributed by atoms with Crippen LogP contribution < -0.4 is 16.4 Å². The lowest BCUT2D eigenvalue weighted by atomic mass is 10.2. The molecule has 4 N–H and O–H groups in total. The molecule has 2 rings (SSSR count). The van der Waals surface area contributed by atoms with Crippen molar-refractivity contribution in [2.75, 3.05) is 25.5 Å². The Labute approximate surface area is 126 Å². The second-order valence-corrected chi connectivity index (χ2v) is 5.70. The predicted octanol–water partition coefficient (Wildman–Crippen LogP) is 2.14. The zero-order valence-corrected chi connectivity index (χ0v) is 12.8. The van der Waals surface area contributed by atoms with Gasteiger partial charge in [0.15, 0.2) is 0 Å². The number of hydrogen-bond donors (Lipinski definition) is 3. The summed E-state index contributed by atoms with van der Waals surface area (Å²) >= 11 is 0. The molecule has 1 aliphatic carbocycles. The minimum atomic E-state index is -0.157. The molecule has 1 aromatic carbocycles. The molecule has 1 aliphatic rings. The van der Waals surface area contributed by atoms with Gasteiger partial charge in [0.1, 0.15) is 0 Å². The van der Waals surface area contributed by atoms with E-state index in [0.717, 1.165) is 17.8 Å². The summed E-state index contributed by atoms with van der Waals surface area (Å²) in [6.45, 7) is 2.07.